The van der Waals surface area contributed by atoms with E-state index in [-0.39, 0.29) is 29.0 Å². The summed E-state index contributed by atoms with van der Waals surface area (Å²) >= 11 is 0. The first kappa shape index (κ1) is 20.3. The second-order valence-corrected chi connectivity index (χ2v) is 7.06. The van der Waals surface area contributed by atoms with E-state index < -0.39 is 5.97 Å². The molecule has 0 bridgehead atoms. The van der Waals surface area contributed by atoms with Crippen LogP contribution < -0.4 is 5.43 Å². The van der Waals surface area contributed by atoms with Crippen LogP contribution in [0.3, 0.4) is 0 Å². The van der Waals surface area contributed by atoms with Crippen LogP contribution >= 0.6 is 0 Å². The minimum atomic E-state index is -0.546. The highest BCUT2D eigenvalue weighted by molar-refractivity contribution is 6.09. The van der Waals surface area contributed by atoms with Crippen molar-refractivity contribution in [1.29, 1.82) is 0 Å². The predicted octanol–water partition coefficient (Wildman–Crippen LogP) is 5.18. The zero-order valence-corrected chi connectivity index (χ0v) is 17.2. The summed E-state index contributed by atoms with van der Waals surface area (Å²) in [7, 11) is 0. The quantitative estimate of drug-likeness (QED) is 0.334. The summed E-state index contributed by atoms with van der Waals surface area (Å²) in [6.45, 7) is 3.61. The number of esters is 1. The van der Waals surface area contributed by atoms with E-state index in [1.807, 2.05) is 18.2 Å². The summed E-state index contributed by atoms with van der Waals surface area (Å²) < 4.78 is 11.2. The van der Waals surface area contributed by atoms with Gasteiger partial charge in [-0.3, -0.25) is 9.59 Å². The van der Waals surface area contributed by atoms with Crippen LogP contribution in [0.2, 0.25) is 0 Å². The number of ether oxygens (including phenoxy) is 1. The Morgan fingerprint density at radius 3 is 2.23 bits per heavy atom. The van der Waals surface area contributed by atoms with E-state index in [9.17, 15) is 14.4 Å². The number of hydrogen-bond donors (Lipinski definition) is 0. The molecule has 0 fully saturated rings. The van der Waals surface area contributed by atoms with Crippen molar-refractivity contribution < 1.29 is 18.7 Å². The van der Waals surface area contributed by atoms with Gasteiger partial charge in [-0.25, -0.2) is 4.79 Å². The first-order valence-electron chi connectivity index (χ1n) is 9.95. The number of para-hydroxylation sites is 1. The molecule has 3 aromatic carbocycles. The van der Waals surface area contributed by atoms with Crippen LogP contribution in [0, 0.1) is 6.92 Å². The fraction of sp³-hybridized carbons (Fsp3) is 0.115. The topological polar surface area (TPSA) is 73.6 Å². The summed E-state index contributed by atoms with van der Waals surface area (Å²) in [5.41, 5.74) is 2.37. The number of fused-ring (bicyclic) bond motifs is 1. The lowest BCUT2D eigenvalue weighted by Crippen LogP contribution is -2.11. The van der Waals surface area contributed by atoms with E-state index in [0.29, 0.717) is 33.4 Å². The Bertz CT molecular complexity index is 1330. The molecule has 0 amide bonds. The molecule has 0 aliphatic heterocycles. The van der Waals surface area contributed by atoms with Gasteiger partial charge in [0.05, 0.1) is 12.0 Å². The highest BCUT2D eigenvalue weighted by atomic mass is 16.5. The van der Waals surface area contributed by atoms with Gasteiger partial charge in [0.2, 0.25) is 0 Å². The van der Waals surface area contributed by atoms with E-state index in [1.54, 1.807) is 68.4 Å². The molecule has 4 rings (SSSR count). The van der Waals surface area contributed by atoms with Crippen molar-refractivity contribution in [1.82, 2.24) is 0 Å². The molecule has 5 heteroatoms. The van der Waals surface area contributed by atoms with Crippen LogP contribution in [0.25, 0.3) is 22.3 Å². The highest BCUT2D eigenvalue weighted by Crippen LogP contribution is 2.28. The third kappa shape index (κ3) is 3.78. The van der Waals surface area contributed by atoms with Crippen molar-refractivity contribution in [3.8, 4) is 11.3 Å². The van der Waals surface area contributed by atoms with Gasteiger partial charge >= 0.3 is 5.97 Å². The van der Waals surface area contributed by atoms with Crippen LogP contribution in [0.4, 0.5) is 0 Å². The number of benzene rings is 3. The molecule has 0 radical (unpaired) electrons. The monoisotopic (exact) mass is 412 g/mol. The van der Waals surface area contributed by atoms with E-state index >= 15 is 0 Å². The van der Waals surface area contributed by atoms with Crippen molar-refractivity contribution in [2.45, 2.75) is 13.8 Å². The lowest BCUT2D eigenvalue weighted by Gasteiger charge is -2.10. The number of carbonyl (C=O) groups excluding carboxylic acids is 2. The highest BCUT2D eigenvalue weighted by Gasteiger charge is 2.19. The van der Waals surface area contributed by atoms with Crippen LogP contribution in [0.15, 0.2) is 82.0 Å². The third-order valence-electron chi connectivity index (χ3n) is 5.09. The smallest absolute Gasteiger partial charge is 0.341 e. The number of hydrogen-bond acceptors (Lipinski definition) is 5. The van der Waals surface area contributed by atoms with Crippen LogP contribution in [-0.2, 0) is 4.74 Å². The summed E-state index contributed by atoms with van der Waals surface area (Å²) in [5.74, 6) is -0.281. The molecule has 0 aliphatic carbocycles. The Labute approximate surface area is 178 Å². The average molecular weight is 412 g/mol. The molecule has 0 saturated carbocycles. The van der Waals surface area contributed by atoms with E-state index in [1.165, 1.54) is 0 Å². The van der Waals surface area contributed by atoms with Gasteiger partial charge in [0.25, 0.3) is 0 Å². The first-order valence-corrected chi connectivity index (χ1v) is 9.95. The van der Waals surface area contributed by atoms with E-state index in [2.05, 4.69) is 0 Å². The Morgan fingerprint density at radius 1 is 0.871 bits per heavy atom. The maximum Gasteiger partial charge on any atom is 0.341 e. The molecule has 0 aliphatic rings. The van der Waals surface area contributed by atoms with Crippen LogP contribution in [-0.4, -0.2) is 18.4 Å². The lowest BCUT2D eigenvalue weighted by atomic mass is 9.99. The van der Waals surface area contributed by atoms with Gasteiger partial charge in [-0.1, -0.05) is 60.7 Å². The maximum atomic E-state index is 12.9. The molecule has 4 aromatic rings. The van der Waals surface area contributed by atoms with Gasteiger partial charge in [0, 0.05) is 22.3 Å². The molecule has 31 heavy (non-hydrogen) atoms. The fourth-order valence-electron chi connectivity index (χ4n) is 3.48. The molecular weight excluding hydrogens is 392 g/mol. The molecule has 0 unspecified atom stereocenters. The Morgan fingerprint density at radius 2 is 1.55 bits per heavy atom. The fourth-order valence-corrected chi connectivity index (χ4v) is 3.48. The van der Waals surface area contributed by atoms with Gasteiger partial charge < -0.3 is 9.15 Å². The summed E-state index contributed by atoms with van der Waals surface area (Å²) in [4.78, 5) is 37.9. The minimum absolute atomic E-state index is 0.0894. The molecule has 1 heterocycles. The molecule has 0 spiro atoms. The normalized spacial score (nSPS) is 10.8. The minimum Gasteiger partial charge on any atom is -0.462 e. The Balaban J connectivity index is 1.80. The first-order chi connectivity index (χ1) is 15.0. The number of ketones is 1. The standard InChI is InChI=1S/C26H20O5/c1-3-30-26(29)21-11-7-10-20-22(27)16(2)24(31-25(20)21)19-14-12-18(13-15-19)23(28)17-8-5-4-6-9-17/h4-15H,3H2,1-2H3. The summed E-state index contributed by atoms with van der Waals surface area (Å²) in [6, 6.07) is 20.7. The van der Waals surface area contributed by atoms with E-state index in [4.69, 9.17) is 9.15 Å². The zero-order valence-electron chi connectivity index (χ0n) is 17.2. The van der Waals surface area contributed by atoms with Crippen molar-refractivity contribution in [3.63, 3.8) is 0 Å². The van der Waals surface area contributed by atoms with Crippen molar-refractivity contribution in [3.05, 3.63) is 105 Å². The third-order valence-corrected chi connectivity index (χ3v) is 5.09. The zero-order chi connectivity index (χ0) is 22.0. The number of carbonyl (C=O) groups is 2. The van der Waals surface area contributed by atoms with E-state index in [0.717, 1.165) is 0 Å². The molecule has 154 valence electrons. The molecule has 1 aromatic heterocycles. The SMILES string of the molecule is CCOC(=O)c1cccc2c(=O)c(C)c(-c3ccc(C(=O)c4ccccc4)cc3)oc12. The van der Waals surface area contributed by atoms with Gasteiger partial charge in [0.15, 0.2) is 16.8 Å². The largest absolute Gasteiger partial charge is 0.462 e. The van der Waals surface area contributed by atoms with Crippen molar-refractivity contribution in [2.75, 3.05) is 6.61 Å². The van der Waals surface area contributed by atoms with Gasteiger partial charge in [-0.2, -0.15) is 0 Å². The lowest BCUT2D eigenvalue weighted by molar-refractivity contribution is 0.0527. The van der Waals surface area contributed by atoms with Crippen LogP contribution in [0.5, 0.6) is 0 Å². The summed E-state index contributed by atoms with van der Waals surface area (Å²) in [6.07, 6.45) is 0. The molecule has 0 saturated heterocycles. The van der Waals surface area contributed by atoms with Gasteiger partial charge in [0.1, 0.15) is 11.3 Å². The Hall–Kier alpha value is -3.99. The molecule has 0 N–H and O–H groups in total. The number of rotatable bonds is 5. The maximum absolute atomic E-state index is 12.9. The second kappa shape index (κ2) is 8.40. The van der Waals surface area contributed by atoms with Crippen molar-refractivity contribution in [2.24, 2.45) is 0 Å². The van der Waals surface area contributed by atoms with Gasteiger partial charge in [-0.15, -0.1) is 0 Å². The molecular formula is C26H20O5. The predicted molar refractivity (Wildman–Crippen MR) is 118 cm³/mol. The summed E-state index contributed by atoms with van der Waals surface area (Å²) in [5, 5.41) is 0.322. The second-order valence-electron chi connectivity index (χ2n) is 7.06. The van der Waals surface area contributed by atoms with Crippen LogP contribution in [0.1, 0.15) is 38.8 Å². The molecule has 0 atom stereocenters. The molecule has 5 nitrogen and oxygen atoms in total. The van der Waals surface area contributed by atoms with Crippen molar-refractivity contribution >= 4 is 22.7 Å². The average Bonchev–Trinajstić information content (AvgIpc) is 2.81. The van der Waals surface area contributed by atoms with Gasteiger partial charge in [-0.05, 0) is 26.0 Å². The Kier molecular flexibility index (Phi) is 5.50.